The molecule has 0 saturated carbocycles. The fraction of sp³-hybridized carbons (Fsp3) is 0.208. The molecule has 0 N–H and O–H groups in total. The van der Waals surface area contributed by atoms with Gasteiger partial charge in [0.05, 0.1) is 11.9 Å². The molecule has 0 fully saturated rings. The highest BCUT2D eigenvalue weighted by Gasteiger charge is 2.19. The molecule has 0 saturated heterocycles. The molecule has 174 valence electrons. The molecule has 0 spiro atoms. The van der Waals surface area contributed by atoms with E-state index in [-0.39, 0.29) is 11.3 Å². The van der Waals surface area contributed by atoms with E-state index in [0.717, 1.165) is 5.56 Å². The summed E-state index contributed by atoms with van der Waals surface area (Å²) in [4.78, 5) is 42.4. The van der Waals surface area contributed by atoms with Gasteiger partial charge in [-0.05, 0) is 24.1 Å². The molecular formula is C24H21ClN4O4S. The molecule has 2 heterocycles. The Labute approximate surface area is 203 Å². The van der Waals surface area contributed by atoms with Crippen molar-refractivity contribution in [3.63, 3.8) is 0 Å². The molecule has 0 radical (unpaired) electrons. The Hall–Kier alpha value is -3.56. The minimum absolute atomic E-state index is 0.0126. The molecule has 34 heavy (non-hydrogen) atoms. The first-order chi connectivity index (χ1) is 16.5. The summed E-state index contributed by atoms with van der Waals surface area (Å²) in [5.74, 6) is -1.41. The number of fused-ring (bicyclic) bond motifs is 1. The molecule has 0 aliphatic heterocycles. The minimum atomic E-state index is -0.792. The summed E-state index contributed by atoms with van der Waals surface area (Å²) in [7, 11) is 0. The smallest absolute Gasteiger partial charge is 0.359 e. The molecule has 1 amide bonds. The maximum atomic E-state index is 12.8. The summed E-state index contributed by atoms with van der Waals surface area (Å²) in [5, 5.41) is 7.36. The number of aromatic nitrogens is 3. The predicted molar refractivity (Wildman–Crippen MR) is 130 cm³/mol. The zero-order valence-corrected chi connectivity index (χ0v) is 19.9. The Balaban J connectivity index is 1.52. The van der Waals surface area contributed by atoms with Gasteiger partial charge >= 0.3 is 5.97 Å². The molecule has 4 rings (SSSR count). The Morgan fingerprint density at radius 1 is 1.12 bits per heavy atom. The van der Waals surface area contributed by atoms with Crippen molar-refractivity contribution in [3.8, 4) is 0 Å². The molecular weight excluding hydrogens is 476 g/mol. The van der Waals surface area contributed by atoms with E-state index in [9.17, 15) is 14.4 Å². The summed E-state index contributed by atoms with van der Waals surface area (Å²) in [6, 6.07) is 14.1. The fourth-order valence-electron chi connectivity index (χ4n) is 3.40. The van der Waals surface area contributed by atoms with Crippen LogP contribution >= 0.6 is 22.9 Å². The van der Waals surface area contributed by atoms with Crippen LogP contribution in [-0.2, 0) is 22.6 Å². The molecule has 0 aliphatic rings. The number of carbonyl (C=O) groups excluding carboxylic acids is 2. The summed E-state index contributed by atoms with van der Waals surface area (Å²) < 4.78 is 8.25. The number of ether oxygens (including phenoxy) is 1. The SMILES string of the molecule is CCCn1nc(C(=O)OCC(=O)N=c2sccn2Cc2ccccc2Cl)c2ccccc2c1=O. The predicted octanol–water partition coefficient (Wildman–Crippen LogP) is 3.66. The fourth-order valence-corrected chi connectivity index (χ4v) is 4.34. The molecule has 0 atom stereocenters. The van der Waals surface area contributed by atoms with Gasteiger partial charge in [0.25, 0.3) is 11.5 Å². The second-order valence-electron chi connectivity index (χ2n) is 7.41. The van der Waals surface area contributed by atoms with Crippen molar-refractivity contribution < 1.29 is 14.3 Å². The zero-order chi connectivity index (χ0) is 24.1. The van der Waals surface area contributed by atoms with Crippen LogP contribution in [0.25, 0.3) is 10.8 Å². The number of halogens is 1. The number of rotatable bonds is 7. The van der Waals surface area contributed by atoms with E-state index >= 15 is 0 Å². The van der Waals surface area contributed by atoms with Gasteiger partial charge in [-0.1, -0.05) is 54.9 Å². The maximum absolute atomic E-state index is 12.8. The van der Waals surface area contributed by atoms with Crippen molar-refractivity contribution in [1.29, 1.82) is 0 Å². The third kappa shape index (κ3) is 5.16. The van der Waals surface area contributed by atoms with Crippen molar-refractivity contribution in [1.82, 2.24) is 14.3 Å². The van der Waals surface area contributed by atoms with E-state index in [1.807, 2.05) is 30.5 Å². The first-order valence-electron chi connectivity index (χ1n) is 10.6. The van der Waals surface area contributed by atoms with Crippen LogP contribution in [0, 0.1) is 0 Å². The average Bonchev–Trinajstić information content (AvgIpc) is 3.27. The van der Waals surface area contributed by atoms with E-state index in [1.54, 1.807) is 41.1 Å². The summed E-state index contributed by atoms with van der Waals surface area (Å²) >= 11 is 7.52. The standard InChI is InChI=1S/C24H21ClN4O4S/c1-2-11-29-22(31)18-9-5-4-8-17(18)21(27-29)23(32)33-15-20(30)26-24-28(12-13-34-24)14-16-7-3-6-10-19(16)25/h3-10,12-13H,2,11,14-15H2,1H3. The minimum Gasteiger partial charge on any atom is -0.451 e. The van der Waals surface area contributed by atoms with Crippen LogP contribution in [0.5, 0.6) is 0 Å². The van der Waals surface area contributed by atoms with Crippen molar-refractivity contribution in [2.24, 2.45) is 4.99 Å². The lowest BCUT2D eigenvalue weighted by atomic mass is 10.1. The van der Waals surface area contributed by atoms with Crippen LogP contribution in [0.15, 0.2) is 69.9 Å². The zero-order valence-electron chi connectivity index (χ0n) is 18.3. The number of thiazole rings is 1. The van der Waals surface area contributed by atoms with Gasteiger partial charge in [-0.15, -0.1) is 11.3 Å². The molecule has 0 bridgehead atoms. The number of nitrogens with zero attached hydrogens (tertiary/aromatic N) is 4. The van der Waals surface area contributed by atoms with Crippen molar-refractivity contribution in [2.75, 3.05) is 6.61 Å². The first kappa shape index (κ1) is 23.6. The number of hydrogen-bond acceptors (Lipinski definition) is 6. The van der Waals surface area contributed by atoms with Gasteiger partial charge in [0.15, 0.2) is 17.1 Å². The van der Waals surface area contributed by atoms with E-state index in [0.29, 0.717) is 40.1 Å². The summed E-state index contributed by atoms with van der Waals surface area (Å²) in [6.45, 7) is 2.17. The topological polar surface area (TPSA) is 95.6 Å². The molecule has 0 aliphatic carbocycles. The van der Waals surface area contributed by atoms with Gasteiger partial charge in [0.1, 0.15) is 0 Å². The van der Waals surface area contributed by atoms with Crippen molar-refractivity contribution in [3.05, 3.63) is 91.5 Å². The highest BCUT2D eigenvalue weighted by molar-refractivity contribution is 7.07. The van der Waals surface area contributed by atoms with E-state index in [1.165, 1.54) is 16.0 Å². The molecule has 4 aromatic rings. The summed E-state index contributed by atoms with van der Waals surface area (Å²) in [5.41, 5.74) is 0.602. The number of amides is 1. The maximum Gasteiger partial charge on any atom is 0.359 e. The van der Waals surface area contributed by atoms with Crippen LogP contribution < -0.4 is 10.4 Å². The Bertz CT molecular complexity index is 1490. The van der Waals surface area contributed by atoms with Crippen LogP contribution in [-0.4, -0.2) is 32.8 Å². The van der Waals surface area contributed by atoms with Gasteiger partial charge < -0.3 is 9.30 Å². The highest BCUT2D eigenvalue weighted by Crippen LogP contribution is 2.16. The van der Waals surface area contributed by atoms with Crippen molar-refractivity contribution >= 4 is 45.6 Å². The molecule has 0 unspecified atom stereocenters. The second kappa shape index (κ2) is 10.6. The quantitative estimate of drug-likeness (QED) is 0.364. The van der Waals surface area contributed by atoms with Gasteiger partial charge in [-0.2, -0.15) is 10.1 Å². The number of benzene rings is 2. The molecule has 2 aromatic heterocycles. The lowest BCUT2D eigenvalue weighted by Crippen LogP contribution is -2.27. The molecule has 10 heteroatoms. The average molecular weight is 497 g/mol. The largest absolute Gasteiger partial charge is 0.451 e. The number of esters is 1. The second-order valence-corrected chi connectivity index (χ2v) is 8.69. The number of aryl methyl sites for hydroxylation is 1. The Morgan fingerprint density at radius 3 is 2.62 bits per heavy atom. The van der Waals surface area contributed by atoms with Crippen LogP contribution in [0.2, 0.25) is 5.02 Å². The Morgan fingerprint density at radius 2 is 1.85 bits per heavy atom. The lowest BCUT2D eigenvalue weighted by molar-refractivity contribution is -0.121. The Kier molecular flexibility index (Phi) is 7.34. The normalized spacial score (nSPS) is 11.6. The van der Waals surface area contributed by atoms with Gasteiger partial charge in [0, 0.05) is 28.5 Å². The summed E-state index contributed by atoms with van der Waals surface area (Å²) in [6.07, 6.45) is 2.48. The van der Waals surface area contributed by atoms with E-state index in [4.69, 9.17) is 16.3 Å². The molecule has 8 nitrogen and oxygen atoms in total. The van der Waals surface area contributed by atoms with Crippen LogP contribution in [0.4, 0.5) is 0 Å². The number of hydrogen-bond donors (Lipinski definition) is 0. The van der Waals surface area contributed by atoms with Crippen molar-refractivity contribution in [2.45, 2.75) is 26.4 Å². The third-order valence-corrected chi connectivity index (χ3v) is 6.17. The monoisotopic (exact) mass is 496 g/mol. The van der Waals surface area contributed by atoms with E-state index < -0.39 is 18.5 Å². The van der Waals surface area contributed by atoms with Gasteiger partial charge in [-0.25, -0.2) is 9.48 Å². The lowest BCUT2D eigenvalue weighted by Gasteiger charge is -2.09. The molecule has 2 aromatic carbocycles. The number of carbonyl (C=O) groups is 2. The highest BCUT2D eigenvalue weighted by atomic mass is 35.5. The van der Waals surface area contributed by atoms with Crippen LogP contribution in [0.1, 0.15) is 29.4 Å². The van der Waals surface area contributed by atoms with E-state index in [2.05, 4.69) is 10.1 Å². The van der Waals surface area contributed by atoms with Gasteiger partial charge in [-0.3, -0.25) is 9.59 Å². The third-order valence-electron chi connectivity index (χ3n) is 5.00. The first-order valence-corrected chi connectivity index (χ1v) is 11.9. The van der Waals surface area contributed by atoms with Crippen LogP contribution in [0.3, 0.4) is 0 Å². The van der Waals surface area contributed by atoms with Gasteiger partial charge in [0.2, 0.25) is 0 Å².